The number of rotatable bonds is 13. The molecule has 7 N–H and O–H groups in total. The average molecular weight is 785 g/mol. The average Bonchev–Trinajstić information content (AvgIpc) is 3.59. The Kier molecular flexibility index (Phi) is 10.2. The second kappa shape index (κ2) is 14.0. The summed E-state index contributed by atoms with van der Waals surface area (Å²) in [7, 11) is -15.7. The van der Waals surface area contributed by atoms with Crippen LogP contribution in [0.4, 0.5) is 0 Å². The summed E-state index contributed by atoms with van der Waals surface area (Å²) >= 11 is 0. The Balaban J connectivity index is 1.12. The van der Waals surface area contributed by atoms with E-state index in [2.05, 4.69) is 18.1 Å². The lowest BCUT2D eigenvalue weighted by atomic mass is 10.0. The first kappa shape index (κ1) is 38.1. The Labute approximate surface area is 292 Å². The van der Waals surface area contributed by atoms with Gasteiger partial charge in [-0.1, -0.05) is 48.5 Å². The summed E-state index contributed by atoms with van der Waals surface area (Å²) in [6.07, 6.45) is -2.32. The van der Waals surface area contributed by atoms with Gasteiger partial charge in [0.15, 0.2) is 6.23 Å². The number of benzene rings is 3. The molecule has 1 fully saturated rings. The van der Waals surface area contributed by atoms with Gasteiger partial charge >= 0.3 is 29.2 Å². The topological polar surface area (TPSA) is 287 Å². The Morgan fingerprint density at radius 3 is 2.23 bits per heavy atom. The van der Waals surface area contributed by atoms with Crippen LogP contribution < -0.4 is 10.4 Å². The highest BCUT2D eigenvalue weighted by Crippen LogP contribution is 2.68. The normalized spacial score (nSPS) is 21.8. The highest BCUT2D eigenvalue weighted by molar-refractivity contribution is 7.66. The highest BCUT2D eigenvalue weighted by Gasteiger charge is 2.67. The number of imidazole rings is 1. The molecular formula is C29H30N3O17P3. The number of fused-ring (bicyclic) bond motifs is 2. The molecule has 0 amide bonds. The molecule has 52 heavy (non-hydrogen) atoms. The third-order valence-electron chi connectivity index (χ3n) is 7.80. The zero-order valence-corrected chi connectivity index (χ0v) is 29.2. The van der Waals surface area contributed by atoms with Crippen molar-refractivity contribution >= 4 is 39.9 Å². The highest BCUT2D eigenvalue weighted by atomic mass is 31.3. The zero-order chi connectivity index (χ0) is 37.7. The lowest BCUT2D eigenvalue weighted by Gasteiger charge is -2.31. The Morgan fingerprint density at radius 2 is 1.52 bits per heavy atom. The van der Waals surface area contributed by atoms with E-state index in [9.17, 15) is 53.6 Å². The van der Waals surface area contributed by atoms with Gasteiger partial charge in [0.1, 0.15) is 17.5 Å². The number of methoxy groups -OCH3 is 1. The molecule has 0 spiro atoms. The second-order valence-corrected chi connectivity index (χ2v) is 16.0. The minimum atomic E-state index is -5.93. The van der Waals surface area contributed by atoms with Crippen LogP contribution in [0, 0.1) is 0 Å². The van der Waals surface area contributed by atoms with E-state index >= 15 is 0 Å². The van der Waals surface area contributed by atoms with Crippen LogP contribution >= 0.6 is 23.5 Å². The molecule has 0 bridgehead atoms. The number of aromatic nitrogens is 3. The van der Waals surface area contributed by atoms with Crippen molar-refractivity contribution in [2.45, 2.75) is 30.5 Å². The fourth-order valence-electron chi connectivity index (χ4n) is 5.25. The molecule has 1 aliphatic heterocycles. The van der Waals surface area contributed by atoms with E-state index in [0.717, 1.165) is 21.4 Å². The van der Waals surface area contributed by atoms with Gasteiger partial charge in [-0.3, -0.25) is 18.0 Å². The monoisotopic (exact) mass is 785 g/mol. The molecular weight excluding hydrogens is 755 g/mol. The van der Waals surface area contributed by atoms with Gasteiger partial charge in [0, 0.05) is 18.0 Å². The van der Waals surface area contributed by atoms with Gasteiger partial charge in [-0.05, 0) is 40.6 Å². The predicted molar refractivity (Wildman–Crippen MR) is 176 cm³/mol. The number of aliphatic hydroxyl groups is 4. The van der Waals surface area contributed by atoms with Crippen molar-refractivity contribution in [3.05, 3.63) is 101 Å². The molecule has 1 aliphatic rings. The van der Waals surface area contributed by atoms with E-state index in [1.54, 1.807) is 60.7 Å². The van der Waals surface area contributed by atoms with Gasteiger partial charge in [-0.15, -0.1) is 0 Å². The summed E-state index contributed by atoms with van der Waals surface area (Å²) in [5.41, 5.74) is 0.360. The molecule has 0 radical (unpaired) electrons. The molecule has 278 valence electrons. The van der Waals surface area contributed by atoms with Crippen LogP contribution in [0.15, 0.2) is 90.0 Å². The van der Waals surface area contributed by atoms with Crippen molar-refractivity contribution in [3.63, 3.8) is 0 Å². The van der Waals surface area contributed by atoms with Gasteiger partial charge in [0.05, 0.1) is 26.0 Å². The zero-order valence-electron chi connectivity index (χ0n) is 26.5. The summed E-state index contributed by atoms with van der Waals surface area (Å²) in [5.74, 6) is -6.89. The molecule has 1 saturated heterocycles. The van der Waals surface area contributed by atoms with E-state index in [0.29, 0.717) is 27.1 Å². The quantitative estimate of drug-likeness (QED) is 0.0665. The first-order valence-electron chi connectivity index (χ1n) is 14.8. The molecule has 5 aromatic rings. The van der Waals surface area contributed by atoms with E-state index in [-0.39, 0.29) is 5.65 Å². The molecule has 2 aromatic heterocycles. The molecule has 3 heterocycles. The standard InChI is InChI=1S/C29H30N3O17P3/c1-44-22-8-4-7-21(14-22)23-15-32-25(30-23)11-12-31(27(32)33)26-29(36,37)28(34,35)24(47-26)17-46-51(40,41)49-52(42,43)48-50(38,39)45-16-18-9-10-19-5-2-3-6-20(19)13-18/h2-15,24,26,34-37H,16-17H2,1H3,(H,38,39)(H,40,41)(H,42,43)/t24-,26-/m1/s1. The molecule has 0 aliphatic carbocycles. The lowest BCUT2D eigenvalue weighted by Crippen LogP contribution is -2.59. The summed E-state index contributed by atoms with van der Waals surface area (Å²) < 4.78 is 66.6. The van der Waals surface area contributed by atoms with Gasteiger partial charge in [-0.25, -0.2) is 23.5 Å². The number of nitrogens with zero attached hydrogens (tertiary/aromatic N) is 3. The van der Waals surface area contributed by atoms with Crippen LogP contribution in [0.5, 0.6) is 5.75 Å². The van der Waals surface area contributed by atoms with E-state index in [4.69, 9.17) is 14.0 Å². The molecule has 20 nitrogen and oxygen atoms in total. The maximum atomic E-state index is 13.4. The maximum Gasteiger partial charge on any atom is 0.490 e. The fraction of sp³-hybridized carbons (Fsp3) is 0.241. The smallest absolute Gasteiger partial charge is 0.490 e. The molecule has 23 heteroatoms. The van der Waals surface area contributed by atoms with Gasteiger partial charge < -0.3 is 44.6 Å². The number of phosphoric acid groups is 3. The minimum absolute atomic E-state index is 0.109. The Morgan fingerprint density at radius 1 is 0.827 bits per heavy atom. The number of ether oxygens (including phenoxy) is 2. The van der Waals surface area contributed by atoms with E-state index in [1.807, 2.05) is 6.07 Å². The summed E-state index contributed by atoms with van der Waals surface area (Å²) in [4.78, 5) is 47.7. The van der Waals surface area contributed by atoms with Crippen LogP contribution in [0.1, 0.15) is 11.8 Å². The van der Waals surface area contributed by atoms with Crippen molar-refractivity contribution in [1.29, 1.82) is 0 Å². The first-order chi connectivity index (χ1) is 24.3. The summed E-state index contributed by atoms with van der Waals surface area (Å²) in [6.45, 7) is -2.05. The number of hydrogen-bond donors (Lipinski definition) is 7. The van der Waals surface area contributed by atoms with Gasteiger partial charge in [0.2, 0.25) is 0 Å². The molecule has 0 saturated carbocycles. The third kappa shape index (κ3) is 7.83. The van der Waals surface area contributed by atoms with Crippen molar-refractivity contribution in [3.8, 4) is 17.0 Å². The third-order valence-corrected chi connectivity index (χ3v) is 12.0. The molecule has 6 rings (SSSR count). The fourth-order valence-corrected chi connectivity index (χ4v) is 8.74. The molecule has 3 aromatic carbocycles. The van der Waals surface area contributed by atoms with Crippen LogP contribution in [-0.4, -0.2) is 80.5 Å². The van der Waals surface area contributed by atoms with Crippen molar-refractivity contribution < 1.29 is 75.9 Å². The Hall–Kier alpha value is -3.65. The van der Waals surface area contributed by atoms with Crippen LogP contribution in [0.25, 0.3) is 27.7 Å². The first-order valence-corrected chi connectivity index (χ1v) is 19.3. The van der Waals surface area contributed by atoms with Gasteiger partial charge in [0.25, 0.3) is 11.6 Å². The summed E-state index contributed by atoms with van der Waals surface area (Å²) in [6, 6.07) is 20.0. The Bertz CT molecular complexity index is 2340. The molecule has 5 atom stereocenters. The number of phosphoric ester groups is 2. The van der Waals surface area contributed by atoms with Gasteiger partial charge in [-0.2, -0.15) is 8.62 Å². The SMILES string of the molecule is COc1cccc(-c2cn3c(=O)n([C@@H]4O[C@H](COP(=O)(O)OP(=O)(O)OP(=O)(O)OCc5ccc6ccccc6c5)C(O)(O)C4(O)O)ccc3n2)c1. The molecule has 3 unspecified atom stereocenters. The minimum Gasteiger partial charge on any atom is -0.497 e. The summed E-state index contributed by atoms with van der Waals surface area (Å²) in [5, 5.41) is 44.2. The number of hydrogen-bond acceptors (Lipinski definition) is 15. The largest absolute Gasteiger partial charge is 0.497 e. The lowest BCUT2D eigenvalue weighted by molar-refractivity contribution is -0.355. The maximum absolute atomic E-state index is 13.4. The van der Waals surface area contributed by atoms with Crippen molar-refractivity contribution in [2.75, 3.05) is 13.7 Å². The second-order valence-electron chi connectivity index (χ2n) is 11.3. The van der Waals surface area contributed by atoms with Crippen LogP contribution in [0.2, 0.25) is 0 Å². The van der Waals surface area contributed by atoms with E-state index < -0.39 is 66.3 Å². The van der Waals surface area contributed by atoms with E-state index in [1.165, 1.54) is 19.4 Å². The van der Waals surface area contributed by atoms with Crippen molar-refractivity contribution in [1.82, 2.24) is 14.0 Å². The predicted octanol–water partition coefficient (Wildman–Crippen LogP) is 2.15. The van der Waals surface area contributed by atoms with Crippen LogP contribution in [-0.2, 0) is 42.7 Å². The van der Waals surface area contributed by atoms with Crippen LogP contribution in [0.3, 0.4) is 0 Å². The van der Waals surface area contributed by atoms with Crippen molar-refractivity contribution in [2.24, 2.45) is 0 Å².